The van der Waals surface area contributed by atoms with Crippen molar-refractivity contribution in [2.45, 2.75) is 13.8 Å². The summed E-state index contributed by atoms with van der Waals surface area (Å²) in [5.74, 6) is 0.162. The lowest BCUT2D eigenvalue weighted by Gasteiger charge is -2.02. The molecular weight excluding hydrogens is 318 g/mol. The molecule has 0 saturated heterocycles. The van der Waals surface area contributed by atoms with Gasteiger partial charge in [0.15, 0.2) is 0 Å². The zero-order valence-corrected chi connectivity index (χ0v) is 12.4. The SMILES string of the molecule is Cc1sc2nc(Nc3ncnc(Cl)c3[N+](=O)[O-])nn2c1C. The van der Waals surface area contributed by atoms with E-state index in [1.54, 1.807) is 4.52 Å². The summed E-state index contributed by atoms with van der Waals surface area (Å²) in [5.41, 5.74) is 0.552. The van der Waals surface area contributed by atoms with E-state index in [-0.39, 0.29) is 16.9 Å². The zero-order chi connectivity index (χ0) is 15.1. The number of thiazole rings is 1. The van der Waals surface area contributed by atoms with Crippen LogP contribution in [0.1, 0.15) is 10.6 Å². The van der Waals surface area contributed by atoms with Crippen molar-refractivity contribution in [3.05, 3.63) is 32.2 Å². The van der Waals surface area contributed by atoms with Crippen molar-refractivity contribution in [1.82, 2.24) is 24.6 Å². The van der Waals surface area contributed by atoms with Crippen LogP contribution >= 0.6 is 22.9 Å². The Kier molecular flexibility index (Phi) is 3.18. The Labute approximate surface area is 126 Å². The van der Waals surface area contributed by atoms with Gasteiger partial charge in [0.25, 0.3) is 0 Å². The molecule has 0 atom stereocenters. The minimum absolute atomic E-state index is 0.0485. The van der Waals surface area contributed by atoms with Crippen LogP contribution < -0.4 is 5.32 Å². The lowest BCUT2D eigenvalue weighted by Crippen LogP contribution is -2.03. The standard InChI is InChI=1S/C10H8ClN7O2S/c1-4-5(2)21-10-15-9(16-17(4)10)14-8-6(18(19)20)7(11)12-3-13-8/h3H,1-2H3,(H,12,13,14,16). The fraction of sp³-hybridized carbons (Fsp3) is 0.200. The van der Waals surface area contributed by atoms with E-state index < -0.39 is 10.6 Å². The smallest absolute Gasteiger partial charge is 0.301 e. The van der Waals surface area contributed by atoms with Crippen LogP contribution in [0.25, 0.3) is 4.96 Å². The molecule has 3 rings (SSSR count). The highest BCUT2D eigenvalue weighted by molar-refractivity contribution is 7.17. The molecule has 9 nitrogen and oxygen atoms in total. The third-order valence-electron chi connectivity index (χ3n) is 2.84. The second-order valence-electron chi connectivity index (χ2n) is 4.12. The van der Waals surface area contributed by atoms with Crippen molar-refractivity contribution in [1.29, 1.82) is 0 Å². The van der Waals surface area contributed by atoms with E-state index in [1.165, 1.54) is 11.3 Å². The van der Waals surface area contributed by atoms with Crippen LogP contribution in [0.3, 0.4) is 0 Å². The van der Waals surface area contributed by atoms with Crippen molar-refractivity contribution in [3.63, 3.8) is 0 Å². The molecule has 11 heteroatoms. The Morgan fingerprint density at radius 3 is 2.86 bits per heavy atom. The molecule has 0 aliphatic heterocycles. The van der Waals surface area contributed by atoms with Crippen molar-refractivity contribution < 1.29 is 4.92 Å². The largest absolute Gasteiger partial charge is 0.348 e. The Hall–Kier alpha value is -2.33. The Balaban J connectivity index is 2.02. The fourth-order valence-electron chi connectivity index (χ4n) is 1.71. The fourth-order valence-corrected chi connectivity index (χ4v) is 2.82. The molecule has 1 N–H and O–H groups in total. The number of fused-ring (bicyclic) bond motifs is 1. The number of nitro groups is 1. The Bertz CT molecular complexity index is 859. The van der Waals surface area contributed by atoms with Gasteiger partial charge in [-0.3, -0.25) is 10.1 Å². The minimum atomic E-state index is -0.654. The maximum atomic E-state index is 11.0. The van der Waals surface area contributed by atoms with E-state index in [9.17, 15) is 10.1 Å². The van der Waals surface area contributed by atoms with Gasteiger partial charge in [0.05, 0.1) is 10.6 Å². The lowest BCUT2D eigenvalue weighted by molar-refractivity contribution is -0.384. The summed E-state index contributed by atoms with van der Waals surface area (Å²) in [6.45, 7) is 3.89. The van der Waals surface area contributed by atoms with Crippen molar-refractivity contribution in [3.8, 4) is 0 Å². The van der Waals surface area contributed by atoms with Crippen molar-refractivity contribution >= 4 is 45.4 Å². The van der Waals surface area contributed by atoms with Gasteiger partial charge in [-0.2, -0.15) is 4.98 Å². The van der Waals surface area contributed by atoms with Crippen LogP contribution in [-0.4, -0.2) is 29.5 Å². The topological polar surface area (TPSA) is 111 Å². The number of rotatable bonds is 3. The highest BCUT2D eigenvalue weighted by atomic mass is 35.5. The average Bonchev–Trinajstić information content (AvgIpc) is 2.90. The highest BCUT2D eigenvalue weighted by Crippen LogP contribution is 2.30. The summed E-state index contributed by atoms with van der Waals surface area (Å²) >= 11 is 7.20. The molecule has 0 radical (unpaired) electrons. The van der Waals surface area contributed by atoms with Gasteiger partial charge < -0.3 is 5.32 Å². The second-order valence-corrected chi connectivity index (χ2v) is 5.66. The molecule has 0 bridgehead atoms. The molecule has 21 heavy (non-hydrogen) atoms. The summed E-state index contributed by atoms with van der Waals surface area (Å²) in [7, 11) is 0. The molecule has 0 fully saturated rings. The number of nitrogens with one attached hydrogen (secondary N) is 1. The second kappa shape index (κ2) is 4.90. The number of aromatic nitrogens is 5. The molecule has 3 aromatic heterocycles. The first-order valence-corrected chi connectivity index (χ1v) is 6.91. The molecule has 108 valence electrons. The number of hydrogen-bond donors (Lipinski definition) is 1. The van der Waals surface area contributed by atoms with E-state index in [1.807, 2.05) is 13.8 Å². The quantitative estimate of drug-likeness (QED) is 0.447. The minimum Gasteiger partial charge on any atom is -0.301 e. The first kappa shape index (κ1) is 13.6. The van der Waals surface area contributed by atoms with Gasteiger partial charge in [0, 0.05) is 4.88 Å². The van der Waals surface area contributed by atoms with Crippen LogP contribution in [0, 0.1) is 24.0 Å². The molecule has 0 unspecified atom stereocenters. The number of hydrogen-bond acceptors (Lipinski definition) is 8. The van der Waals surface area contributed by atoms with Crippen LogP contribution in [0.4, 0.5) is 17.5 Å². The summed E-state index contributed by atoms with van der Waals surface area (Å²) < 4.78 is 1.66. The Morgan fingerprint density at radius 2 is 2.19 bits per heavy atom. The number of anilines is 2. The van der Waals surface area contributed by atoms with E-state index in [4.69, 9.17) is 11.6 Å². The highest BCUT2D eigenvalue weighted by Gasteiger charge is 2.23. The summed E-state index contributed by atoms with van der Waals surface area (Å²) in [4.78, 5) is 23.8. The van der Waals surface area contributed by atoms with Crippen LogP contribution in [0.2, 0.25) is 5.15 Å². The average molecular weight is 326 g/mol. The summed E-state index contributed by atoms with van der Waals surface area (Å²) in [6.07, 6.45) is 1.13. The van der Waals surface area contributed by atoms with Crippen LogP contribution in [-0.2, 0) is 0 Å². The van der Waals surface area contributed by atoms with Crippen molar-refractivity contribution in [2.75, 3.05) is 5.32 Å². The third-order valence-corrected chi connectivity index (χ3v) is 4.16. The van der Waals surface area contributed by atoms with Crippen molar-refractivity contribution in [2.24, 2.45) is 0 Å². The van der Waals surface area contributed by atoms with Gasteiger partial charge >= 0.3 is 5.69 Å². The van der Waals surface area contributed by atoms with E-state index in [0.29, 0.717) is 4.96 Å². The van der Waals surface area contributed by atoms with Gasteiger partial charge in [-0.05, 0) is 13.8 Å². The van der Waals surface area contributed by atoms with Gasteiger partial charge in [0.1, 0.15) is 6.33 Å². The molecule has 0 spiro atoms. The third kappa shape index (κ3) is 2.28. The van der Waals surface area contributed by atoms with E-state index >= 15 is 0 Å². The van der Waals surface area contributed by atoms with Gasteiger partial charge in [-0.1, -0.05) is 22.9 Å². The molecule has 0 amide bonds. The normalized spacial score (nSPS) is 11.0. The molecule has 0 aliphatic rings. The lowest BCUT2D eigenvalue weighted by atomic mass is 10.4. The van der Waals surface area contributed by atoms with Gasteiger partial charge in [-0.15, -0.1) is 5.10 Å². The molecule has 0 aliphatic carbocycles. The molecular formula is C10H8ClN7O2S. The molecule has 3 aromatic rings. The molecule has 3 heterocycles. The van der Waals surface area contributed by atoms with E-state index in [2.05, 4.69) is 25.4 Å². The predicted molar refractivity (Wildman–Crippen MR) is 77.3 cm³/mol. The number of aryl methyl sites for hydroxylation is 2. The number of halogens is 1. The summed E-state index contributed by atoms with van der Waals surface area (Å²) in [6, 6.07) is 0. The maximum absolute atomic E-state index is 11.0. The molecule has 0 saturated carbocycles. The van der Waals surface area contributed by atoms with Crippen LogP contribution in [0.5, 0.6) is 0 Å². The Morgan fingerprint density at radius 1 is 1.43 bits per heavy atom. The molecule has 0 aromatic carbocycles. The first-order valence-electron chi connectivity index (χ1n) is 5.72. The van der Waals surface area contributed by atoms with E-state index in [0.717, 1.165) is 16.9 Å². The predicted octanol–water partition coefficient (Wildman–Crippen LogP) is 2.50. The zero-order valence-electron chi connectivity index (χ0n) is 10.9. The maximum Gasteiger partial charge on any atom is 0.348 e. The first-order chi connectivity index (χ1) is 9.97. The summed E-state index contributed by atoms with van der Waals surface area (Å²) in [5, 5.41) is 17.7. The van der Waals surface area contributed by atoms with Crippen LogP contribution in [0.15, 0.2) is 6.33 Å². The van der Waals surface area contributed by atoms with Gasteiger partial charge in [0.2, 0.25) is 21.9 Å². The van der Waals surface area contributed by atoms with Gasteiger partial charge in [-0.25, -0.2) is 14.5 Å². The monoisotopic (exact) mass is 325 g/mol. The number of nitrogens with zero attached hydrogens (tertiary/aromatic N) is 6.